The maximum absolute atomic E-state index is 11.9. The summed E-state index contributed by atoms with van der Waals surface area (Å²) >= 11 is 0. The molecule has 0 spiro atoms. The van der Waals surface area contributed by atoms with Gasteiger partial charge >= 0.3 is 0 Å². The number of hydrogen-bond acceptors (Lipinski definition) is 6. The molecule has 1 heterocycles. The molecule has 2 aromatic rings. The third-order valence-corrected chi connectivity index (χ3v) is 3.90. The minimum Gasteiger partial charge on any atom is -0.389 e. The molecule has 0 aliphatic rings. The van der Waals surface area contributed by atoms with Crippen LogP contribution >= 0.6 is 0 Å². The van der Waals surface area contributed by atoms with Crippen LogP contribution in [-0.2, 0) is 16.6 Å². The lowest BCUT2D eigenvalue weighted by molar-refractivity contribution is 0.199. The number of hydrogen-bond donors (Lipinski definition) is 3. The van der Waals surface area contributed by atoms with Crippen molar-refractivity contribution in [1.29, 1.82) is 0 Å². The van der Waals surface area contributed by atoms with E-state index in [1.165, 1.54) is 12.1 Å². The van der Waals surface area contributed by atoms with E-state index in [-0.39, 0.29) is 17.3 Å². The van der Waals surface area contributed by atoms with Crippen LogP contribution in [-0.4, -0.2) is 34.1 Å². The highest BCUT2D eigenvalue weighted by molar-refractivity contribution is 7.89. The third kappa shape index (κ3) is 3.34. The molecule has 1 aromatic heterocycles. The van der Waals surface area contributed by atoms with Crippen LogP contribution in [0.25, 0.3) is 0 Å². The van der Waals surface area contributed by atoms with Gasteiger partial charge in [-0.3, -0.25) is 0 Å². The van der Waals surface area contributed by atoms with E-state index >= 15 is 0 Å². The van der Waals surface area contributed by atoms with Crippen molar-refractivity contribution in [2.45, 2.75) is 24.5 Å². The Bertz CT molecular complexity index is 622. The molecular formula is C10H13N5O3S. The molecule has 1 atom stereocenters. The lowest BCUT2D eigenvalue weighted by Crippen LogP contribution is -2.23. The summed E-state index contributed by atoms with van der Waals surface area (Å²) in [6.45, 7) is 1.56. The normalized spacial score (nSPS) is 13.4. The van der Waals surface area contributed by atoms with Crippen LogP contribution in [0.2, 0.25) is 0 Å². The van der Waals surface area contributed by atoms with Crippen molar-refractivity contribution in [3.63, 3.8) is 0 Å². The molecule has 0 aliphatic heterocycles. The van der Waals surface area contributed by atoms with Gasteiger partial charge in [-0.1, -0.05) is 17.3 Å². The zero-order valence-corrected chi connectivity index (χ0v) is 10.9. The Morgan fingerprint density at radius 2 is 2.05 bits per heavy atom. The van der Waals surface area contributed by atoms with Gasteiger partial charge in [0.05, 0.1) is 17.5 Å². The Balaban J connectivity index is 2.10. The number of rotatable bonds is 5. The molecule has 19 heavy (non-hydrogen) atoms. The van der Waals surface area contributed by atoms with E-state index in [1.807, 2.05) is 0 Å². The predicted octanol–water partition coefficient (Wildman–Crippen LogP) is -0.269. The topological polar surface area (TPSA) is 121 Å². The van der Waals surface area contributed by atoms with Crippen molar-refractivity contribution in [3.8, 4) is 0 Å². The Hall–Kier alpha value is -1.84. The van der Waals surface area contributed by atoms with E-state index in [2.05, 4.69) is 25.3 Å². The molecule has 0 aliphatic carbocycles. The fraction of sp³-hybridized carbons (Fsp3) is 0.300. The quantitative estimate of drug-likeness (QED) is 0.694. The summed E-state index contributed by atoms with van der Waals surface area (Å²) in [5.41, 5.74) is 0.650. The van der Waals surface area contributed by atoms with Gasteiger partial charge in [-0.15, -0.1) is 10.2 Å². The van der Waals surface area contributed by atoms with E-state index in [9.17, 15) is 13.5 Å². The first-order chi connectivity index (χ1) is 8.99. The average molecular weight is 283 g/mol. The molecule has 0 bridgehead atoms. The van der Waals surface area contributed by atoms with Crippen LogP contribution in [0.3, 0.4) is 0 Å². The van der Waals surface area contributed by atoms with E-state index in [0.29, 0.717) is 5.56 Å². The van der Waals surface area contributed by atoms with Crippen LogP contribution in [0, 0.1) is 0 Å². The smallest absolute Gasteiger partial charge is 0.240 e. The van der Waals surface area contributed by atoms with E-state index in [1.54, 1.807) is 19.1 Å². The standard InChI is InChI=1S/C10H13N5O3S/c1-7(16)8-2-4-9(5-3-8)19(17,18)11-6-10-12-14-15-13-10/h2-5,7,11,16H,6H2,1H3,(H,12,13,14,15). The molecule has 0 radical (unpaired) electrons. The molecule has 1 aromatic carbocycles. The largest absolute Gasteiger partial charge is 0.389 e. The molecule has 102 valence electrons. The Labute approximate surface area is 109 Å². The molecule has 2 rings (SSSR count). The van der Waals surface area contributed by atoms with Crippen molar-refractivity contribution in [2.24, 2.45) is 0 Å². The molecule has 8 nitrogen and oxygen atoms in total. The zero-order chi connectivity index (χ0) is 13.9. The number of nitrogens with one attached hydrogen (secondary N) is 2. The number of nitrogens with zero attached hydrogens (tertiary/aromatic N) is 3. The number of aromatic amines is 1. The minimum atomic E-state index is -3.63. The lowest BCUT2D eigenvalue weighted by Gasteiger charge is -2.07. The molecular weight excluding hydrogens is 270 g/mol. The number of H-pyrrole nitrogens is 1. The maximum Gasteiger partial charge on any atom is 0.240 e. The molecule has 9 heteroatoms. The fourth-order valence-electron chi connectivity index (χ4n) is 1.43. The first kappa shape index (κ1) is 13.6. The van der Waals surface area contributed by atoms with Crippen LogP contribution < -0.4 is 4.72 Å². The van der Waals surface area contributed by atoms with E-state index < -0.39 is 16.1 Å². The summed E-state index contributed by atoms with van der Waals surface area (Å²) in [6.07, 6.45) is -0.635. The molecule has 3 N–H and O–H groups in total. The number of tetrazole rings is 1. The van der Waals surface area contributed by atoms with Gasteiger partial charge in [0.1, 0.15) is 0 Å². The number of benzene rings is 1. The van der Waals surface area contributed by atoms with Gasteiger partial charge < -0.3 is 5.11 Å². The average Bonchev–Trinajstić information content (AvgIpc) is 2.90. The van der Waals surface area contributed by atoms with E-state index in [4.69, 9.17) is 0 Å². The highest BCUT2D eigenvalue weighted by Crippen LogP contribution is 2.15. The monoisotopic (exact) mass is 283 g/mol. The summed E-state index contributed by atoms with van der Waals surface area (Å²) in [6, 6.07) is 5.99. The number of aromatic nitrogens is 4. The number of aliphatic hydroxyl groups is 1. The SMILES string of the molecule is CC(O)c1ccc(S(=O)(=O)NCc2nn[nH]n2)cc1. The van der Waals surface area contributed by atoms with Crippen molar-refractivity contribution in [1.82, 2.24) is 25.3 Å². The minimum absolute atomic E-state index is 0.0447. The first-order valence-corrected chi connectivity index (χ1v) is 6.97. The maximum atomic E-state index is 11.9. The van der Waals surface area contributed by atoms with Gasteiger partial charge in [-0.05, 0) is 24.6 Å². The lowest BCUT2D eigenvalue weighted by atomic mass is 10.1. The molecule has 0 amide bonds. The van der Waals surface area contributed by atoms with Crippen LogP contribution in [0.1, 0.15) is 24.4 Å². The van der Waals surface area contributed by atoms with E-state index in [0.717, 1.165) is 0 Å². The van der Waals surface area contributed by atoms with Gasteiger partial charge in [0, 0.05) is 0 Å². The molecule has 1 unspecified atom stereocenters. The second-order valence-electron chi connectivity index (χ2n) is 3.90. The van der Waals surface area contributed by atoms with Crippen LogP contribution in [0.15, 0.2) is 29.2 Å². The molecule has 0 saturated heterocycles. The number of sulfonamides is 1. The molecule has 0 fully saturated rings. The van der Waals surface area contributed by atoms with Crippen molar-refractivity contribution in [3.05, 3.63) is 35.7 Å². The van der Waals surface area contributed by atoms with Gasteiger partial charge in [0.2, 0.25) is 10.0 Å². The van der Waals surface area contributed by atoms with Crippen molar-refractivity contribution >= 4 is 10.0 Å². The zero-order valence-electron chi connectivity index (χ0n) is 10.1. The van der Waals surface area contributed by atoms with Crippen LogP contribution in [0.5, 0.6) is 0 Å². The second kappa shape index (κ2) is 5.43. The summed E-state index contributed by atoms with van der Waals surface area (Å²) < 4.78 is 26.2. The second-order valence-corrected chi connectivity index (χ2v) is 5.66. The highest BCUT2D eigenvalue weighted by Gasteiger charge is 2.15. The van der Waals surface area contributed by atoms with Crippen molar-refractivity contribution in [2.75, 3.05) is 0 Å². The molecule has 0 saturated carbocycles. The summed E-state index contributed by atoms with van der Waals surface area (Å²) in [7, 11) is -3.63. The van der Waals surface area contributed by atoms with Gasteiger partial charge in [0.25, 0.3) is 0 Å². The summed E-state index contributed by atoms with van der Waals surface area (Å²) in [4.78, 5) is 0.111. The Morgan fingerprint density at radius 1 is 1.37 bits per heavy atom. The van der Waals surface area contributed by atoms with Crippen molar-refractivity contribution < 1.29 is 13.5 Å². The summed E-state index contributed by atoms with van der Waals surface area (Å²) in [5, 5.41) is 22.2. The van der Waals surface area contributed by atoms with Gasteiger partial charge in [0.15, 0.2) is 5.82 Å². The fourth-order valence-corrected chi connectivity index (χ4v) is 2.41. The van der Waals surface area contributed by atoms with Crippen LogP contribution in [0.4, 0.5) is 0 Å². The Kier molecular flexibility index (Phi) is 3.88. The van der Waals surface area contributed by atoms with Gasteiger partial charge in [-0.25, -0.2) is 13.1 Å². The highest BCUT2D eigenvalue weighted by atomic mass is 32.2. The third-order valence-electron chi connectivity index (χ3n) is 2.48. The first-order valence-electron chi connectivity index (χ1n) is 5.49. The number of aliphatic hydroxyl groups excluding tert-OH is 1. The summed E-state index contributed by atoms with van der Waals surface area (Å²) in [5.74, 6) is 0.254. The predicted molar refractivity (Wildman–Crippen MR) is 65.3 cm³/mol. The Morgan fingerprint density at radius 3 is 2.58 bits per heavy atom. The van der Waals surface area contributed by atoms with Gasteiger partial charge in [-0.2, -0.15) is 5.21 Å².